The van der Waals surface area contributed by atoms with Gasteiger partial charge in [-0.1, -0.05) is 29.5 Å². The summed E-state index contributed by atoms with van der Waals surface area (Å²) in [5.41, 5.74) is 1.56. The van der Waals surface area contributed by atoms with E-state index in [0.717, 1.165) is 43.0 Å². The van der Waals surface area contributed by atoms with Gasteiger partial charge in [0.25, 0.3) is 5.91 Å². The first kappa shape index (κ1) is 16.4. The second-order valence-corrected chi connectivity index (χ2v) is 6.81. The minimum Gasteiger partial charge on any atom is -0.369 e. The van der Waals surface area contributed by atoms with Crippen LogP contribution in [0.5, 0.6) is 0 Å². The molecule has 1 unspecified atom stereocenters. The number of nitro groups is 1. The minimum absolute atomic E-state index is 0.00121. The van der Waals surface area contributed by atoms with E-state index < -0.39 is 4.92 Å². The lowest BCUT2D eigenvalue weighted by Gasteiger charge is -2.38. The fourth-order valence-corrected chi connectivity index (χ4v) is 3.74. The zero-order valence-electron chi connectivity index (χ0n) is 13.4. The van der Waals surface area contributed by atoms with Crippen molar-refractivity contribution in [3.63, 3.8) is 0 Å². The molecule has 7 heteroatoms. The molecule has 126 valence electrons. The van der Waals surface area contributed by atoms with Crippen LogP contribution >= 0.6 is 11.3 Å². The number of carbonyl (C=O) groups is 1. The molecule has 3 rings (SSSR count). The number of nitrogens with zero attached hydrogens (tertiary/aromatic N) is 3. The molecule has 1 saturated heterocycles. The van der Waals surface area contributed by atoms with Crippen LogP contribution in [0.1, 0.15) is 23.2 Å². The molecule has 1 atom stereocenters. The molecule has 0 saturated carbocycles. The van der Waals surface area contributed by atoms with Crippen LogP contribution in [0, 0.1) is 10.1 Å². The van der Waals surface area contributed by atoms with Crippen LogP contribution in [-0.4, -0.2) is 41.9 Å². The monoisotopic (exact) mass is 345 g/mol. The molecule has 0 N–H and O–H groups in total. The van der Waals surface area contributed by atoms with Crippen molar-refractivity contribution in [2.75, 3.05) is 25.0 Å². The third kappa shape index (κ3) is 3.41. The predicted octanol–water partition coefficient (Wildman–Crippen LogP) is 3.40. The van der Waals surface area contributed by atoms with Gasteiger partial charge in [-0.2, -0.15) is 0 Å². The average molecular weight is 345 g/mol. The molecule has 1 aromatic heterocycles. The highest BCUT2D eigenvalue weighted by Gasteiger charge is 2.28. The van der Waals surface area contributed by atoms with Gasteiger partial charge in [0.05, 0.1) is 10.5 Å². The molecule has 0 radical (unpaired) electrons. The summed E-state index contributed by atoms with van der Waals surface area (Å²) in [6, 6.07) is 11.6. The number of anilines is 1. The van der Waals surface area contributed by atoms with E-state index in [1.54, 1.807) is 17.3 Å². The summed E-state index contributed by atoms with van der Waals surface area (Å²) in [5, 5.41) is 12.4. The van der Waals surface area contributed by atoms with Crippen LogP contribution in [0.4, 0.5) is 10.7 Å². The molecule has 1 fully saturated rings. The van der Waals surface area contributed by atoms with Crippen molar-refractivity contribution >= 4 is 27.9 Å². The van der Waals surface area contributed by atoms with Crippen molar-refractivity contribution in [3.8, 4) is 0 Å². The van der Waals surface area contributed by atoms with Crippen LogP contribution < -0.4 is 4.90 Å². The summed E-state index contributed by atoms with van der Waals surface area (Å²) in [6.07, 6.45) is 1.96. The third-order valence-electron chi connectivity index (χ3n) is 4.40. The van der Waals surface area contributed by atoms with Gasteiger partial charge in [0.1, 0.15) is 0 Å². The van der Waals surface area contributed by atoms with Crippen LogP contribution in [0.3, 0.4) is 0 Å². The Morgan fingerprint density at radius 3 is 2.79 bits per heavy atom. The van der Waals surface area contributed by atoms with Crippen molar-refractivity contribution in [1.29, 1.82) is 0 Å². The van der Waals surface area contributed by atoms with E-state index in [4.69, 9.17) is 0 Å². The Morgan fingerprint density at radius 2 is 2.12 bits per heavy atom. The summed E-state index contributed by atoms with van der Waals surface area (Å²) in [5.74, 6) is -0.153. The lowest BCUT2D eigenvalue weighted by atomic mass is 10.0. The first-order valence-corrected chi connectivity index (χ1v) is 8.74. The number of thiophene rings is 1. The molecular formula is C17H19N3O3S. The summed E-state index contributed by atoms with van der Waals surface area (Å²) < 4.78 is 0. The number of benzene rings is 1. The van der Waals surface area contributed by atoms with Crippen LogP contribution in [0.2, 0.25) is 0 Å². The van der Waals surface area contributed by atoms with E-state index in [-0.39, 0.29) is 17.0 Å². The van der Waals surface area contributed by atoms with E-state index in [1.807, 2.05) is 18.2 Å². The SMILES string of the molecule is CN(C(=O)c1csc([N+](=O)[O-])c1)C1CCCN(c2ccccc2)C1. The Bertz CT molecular complexity index is 732. The normalized spacial score (nSPS) is 17.5. The van der Waals surface area contributed by atoms with Crippen LogP contribution in [0.15, 0.2) is 41.8 Å². The second-order valence-electron chi connectivity index (χ2n) is 5.92. The van der Waals surface area contributed by atoms with Gasteiger partial charge < -0.3 is 9.80 Å². The van der Waals surface area contributed by atoms with Crippen LogP contribution in [0.25, 0.3) is 0 Å². The van der Waals surface area contributed by atoms with Gasteiger partial charge in [0, 0.05) is 43.3 Å². The van der Waals surface area contributed by atoms with Gasteiger partial charge in [-0.25, -0.2) is 0 Å². The third-order valence-corrected chi connectivity index (χ3v) is 5.28. The fourth-order valence-electron chi connectivity index (χ4n) is 3.05. The predicted molar refractivity (Wildman–Crippen MR) is 94.7 cm³/mol. The van der Waals surface area contributed by atoms with E-state index in [9.17, 15) is 14.9 Å². The van der Waals surface area contributed by atoms with Gasteiger partial charge in [-0.05, 0) is 25.0 Å². The van der Waals surface area contributed by atoms with Crippen LogP contribution in [-0.2, 0) is 0 Å². The molecule has 1 aromatic carbocycles. The van der Waals surface area contributed by atoms with Crippen molar-refractivity contribution in [2.45, 2.75) is 18.9 Å². The second kappa shape index (κ2) is 7.00. The Hall–Kier alpha value is -2.41. The standard InChI is InChI=1S/C17H19N3O3S/c1-18(17(21)13-10-16(20(22)23)24-12-13)15-8-5-9-19(11-15)14-6-3-2-4-7-14/h2-4,6-7,10,12,15H,5,8-9,11H2,1H3. The number of carbonyl (C=O) groups excluding carboxylic acids is 1. The quantitative estimate of drug-likeness (QED) is 0.629. The van der Waals surface area contributed by atoms with Crippen molar-refractivity contribution in [1.82, 2.24) is 4.90 Å². The van der Waals surface area contributed by atoms with E-state index in [2.05, 4.69) is 17.0 Å². The Kier molecular flexibility index (Phi) is 4.80. The number of amides is 1. The molecule has 2 aromatic rings. The van der Waals surface area contributed by atoms with Gasteiger partial charge in [0.15, 0.2) is 0 Å². The number of piperidine rings is 1. The number of rotatable bonds is 4. The number of likely N-dealkylation sites (N-methyl/N-ethyl adjacent to an activating group) is 1. The molecule has 0 aliphatic carbocycles. The van der Waals surface area contributed by atoms with Gasteiger partial charge >= 0.3 is 5.00 Å². The smallest absolute Gasteiger partial charge is 0.324 e. The highest BCUT2D eigenvalue weighted by Crippen LogP contribution is 2.26. The van der Waals surface area contributed by atoms with Crippen molar-refractivity contribution in [3.05, 3.63) is 57.5 Å². The molecular weight excluding hydrogens is 326 g/mol. The number of hydrogen-bond donors (Lipinski definition) is 0. The molecule has 24 heavy (non-hydrogen) atoms. The van der Waals surface area contributed by atoms with E-state index in [1.165, 1.54) is 6.07 Å². The maximum Gasteiger partial charge on any atom is 0.324 e. The molecule has 1 amide bonds. The molecule has 0 spiro atoms. The molecule has 6 nitrogen and oxygen atoms in total. The van der Waals surface area contributed by atoms with Gasteiger partial charge in [0.2, 0.25) is 0 Å². The lowest BCUT2D eigenvalue weighted by molar-refractivity contribution is -0.380. The zero-order chi connectivity index (χ0) is 17.1. The van der Waals surface area contributed by atoms with E-state index >= 15 is 0 Å². The fraction of sp³-hybridized carbons (Fsp3) is 0.353. The Balaban J connectivity index is 1.70. The van der Waals surface area contributed by atoms with Crippen molar-refractivity contribution in [2.24, 2.45) is 0 Å². The highest BCUT2D eigenvalue weighted by molar-refractivity contribution is 7.13. The topological polar surface area (TPSA) is 66.7 Å². The summed E-state index contributed by atoms with van der Waals surface area (Å²) >= 11 is 0.990. The lowest BCUT2D eigenvalue weighted by Crippen LogP contribution is -2.48. The van der Waals surface area contributed by atoms with E-state index in [0.29, 0.717) is 5.56 Å². The first-order chi connectivity index (χ1) is 11.6. The molecule has 0 bridgehead atoms. The minimum atomic E-state index is -0.459. The molecule has 1 aliphatic rings. The zero-order valence-corrected chi connectivity index (χ0v) is 14.2. The van der Waals surface area contributed by atoms with Crippen molar-refractivity contribution < 1.29 is 9.72 Å². The first-order valence-electron chi connectivity index (χ1n) is 7.86. The maximum absolute atomic E-state index is 12.6. The van der Waals surface area contributed by atoms with Gasteiger partial charge in [-0.3, -0.25) is 14.9 Å². The Labute approximate surface area is 144 Å². The molecule has 1 aliphatic heterocycles. The molecule has 2 heterocycles. The largest absolute Gasteiger partial charge is 0.369 e. The summed E-state index contributed by atoms with van der Waals surface area (Å²) in [7, 11) is 1.78. The maximum atomic E-state index is 12.6. The summed E-state index contributed by atoms with van der Waals surface area (Å²) in [4.78, 5) is 27.0. The Morgan fingerprint density at radius 1 is 1.38 bits per heavy atom. The average Bonchev–Trinajstić information content (AvgIpc) is 3.12. The number of hydrogen-bond acceptors (Lipinski definition) is 5. The van der Waals surface area contributed by atoms with Gasteiger partial charge in [-0.15, -0.1) is 0 Å². The summed E-state index contributed by atoms with van der Waals surface area (Å²) in [6.45, 7) is 1.75. The highest BCUT2D eigenvalue weighted by atomic mass is 32.1. The number of para-hydroxylation sites is 1.